The van der Waals surface area contributed by atoms with Crippen LogP contribution in [-0.2, 0) is 22.5 Å². The lowest BCUT2D eigenvalue weighted by Crippen LogP contribution is -2.01. The van der Waals surface area contributed by atoms with E-state index in [0.29, 0.717) is 13.4 Å². The molecule has 1 aromatic carbocycles. The van der Waals surface area contributed by atoms with E-state index in [9.17, 15) is 0 Å². The zero-order chi connectivity index (χ0) is 11.8. The fraction of sp³-hybridized carbons (Fsp3) is 0.385. The Bertz CT molecular complexity index is 334. The van der Waals surface area contributed by atoms with Crippen molar-refractivity contribution in [3.05, 3.63) is 42.0 Å². The average molecular weight is 222 g/mol. The zero-order valence-corrected chi connectivity index (χ0v) is 9.86. The zero-order valence-electron chi connectivity index (χ0n) is 9.86. The molecule has 3 heteroatoms. The smallest absolute Gasteiger partial charge is 0.146 e. The molecule has 0 spiro atoms. The van der Waals surface area contributed by atoms with Gasteiger partial charge in [0.05, 0.1) is 13.7 Å². The van der Waals surface area contributed by atoms with Crippen molar-refractivity contribution in [3.63, 3.8) is 0 Å². The highest BCUT2D eigenvalue weighted by atomic mass is 16.7. The number of methoxy groups -OCH3 is 2. The first kappa shape index (κ1) is 12.7. The van der Waals surface area contributed by atoms with Gasteiger partial charge < -0.3 is 14.2 Å². The van der Waals surface area contributed by atoms with Gasteiger partial charge in [-0.1, -0.05) is 12.1 Å². The molecule has 0 saturated heterocycles. The molecule has 0 aliphatic heterocycles. The molecule has 1 rings (SSSR count). The minimum Gasteiger partial charge on any atom is -0.497 e. The molecule has 0 aromatic heterocycles. The fourth-order valence-electron chi connectivity index (χ4n) is 1.45. The molecule has 0 amide bonds. The molecule has 0 heterocycles. The van der Waals surface area contributed by atoms with Gasteiger partial charge in [0.25, 0.3) is 0 Å². The van der Waals surface area contributed by atoms with E-state index in [1.54, 1.807) is 14.2 Å². The maximum atomic E-state index is 5.34. The summed E-state index contributed by atoms with van der Waals surface area (Å²) in [6, 6.07) is 5.96. The van der Waals surface area contributed by atoms with Crippen LogP contribution < -0.4 is 4.74 Å². The number of allylic oxidation sites excluding steroid dienone is 1. The Balaban J connectivity index is 2.77. The molecule has 1 aromatic rings. The predicted octanol–water partition coefficient (Wildman–Crippen LogP) is 2.54. The normalized spacial score (nSPS) is 10.1. The van der Waals surface area contributed by atoms with Crippen molar-refractivity contribution in [2.75, 3.05) is 21.0 Å². The summed E-state index contributed by atoms with van der Waals surface area (Å²) in [6.45, 7) is 4.56. The summed E-state index contributed by atoms with van der Waals surface area (Å²) in [7, 11) is 3.26. The van der Waals surface area contributed by atoms with Crippen LogP contribution >= 0.6 is 0 Å². The lowest BCUT2D eigenvalue weighted by molar-refractivity contribution is -0.0392. The van der Waals surface area contributed by atoms with Crippen molar-refractivity contribution in [3.8, 4) is 5.75 Å². The Morgan fingerprint density at radius 2 is 2.06 bits per heavy atom. The Labute approximate surface area is 96.6 Å². The summed E-state index contributed by atoms with van der Waals surface area (Å²) in [6.07, 6.45) is 2.71. The second kappa shape index (κ2) is 7.04. The van der Waals surface area contributed by atoms with Gasteiger partial charge in [0, 0.05) is 7.11 Å². The molecule has 0 N–H and O–H groups in total. The van der Waals surface area contributed by atoms with Crippen molar-refractivity contribution in [2.45, 2.75) is 13.0 Å². The van der Waals surface area contributed by atoms with Crippen LogP contribution in [0.4, 0.5) is 0 Å². The highest BCUT2D eigenvalue weighted by Gasteiger charge is 2.03. The van der Waals surface area contributed by atoms with Gasteiger partial charge in [-0.25, -0.2) is 0 Å². The molecular formula is C13H18O3. The predicted molar refractivity (Wildman–Crippen MR) is 63.6 cm³/mol. The maximum absolute atomic E-state index is 5.34. The molecule has 0 aliphatic rings. The van der Waals surface area contributed by atoms with Crippen molar-refractivity contribution in [1.82, 2.24) is 0 Å². The SMILES string of the molecule is C=CCc1ccc(OC)cc1COCOC. The lowest BCUT2D eigenvalue weighted by atomic mass is 10.0. The van der Waals surface area contributed by atoms with E-state index in [0.717, 1.165) is 17.7 Å². The number of ether oxygens (including phenoxy) is 3. The Hall–Kier alpha value is -1.32. The summed E-state index contributed by atoms with van der Waals surface area (Å²) in [5.41, 5.74) is 2.31. The first-order valence-corrected chi connectivity index (χ1v) is 5.15. The van der Waals surface area contributed by atoms with E-state index >= 15 is 0 Å². The van der Waals surface area contributed by atoms with Crippen LogP contribution in [0.15, 0.2) is 30.9 Å². The van der Waals surface area contributed by atoms with Crippen LogP contribution in [0, 0.1) is 0 Å². The number of rotatable bonds is 7. The summed E-state index contributed by atoms with van der Waals surface area (Å²) in [5.74, 6) is 0.837. The Morgan fingerprint density at radius 1 is 1.25 bits per heavy atom. The van der Waals surface area contributed by atoms with Gasteiger partial charge in [-0.05, 0) is 29.7 Å². The monoisotopic (exact) mass is 222 g/mol. The van der Waals surface area contributed by atoms with Crippen molar-refractivity contribution >= 4 is 0 Å². The third kappa shape index (κ3) is 3.68. The van der Waals surface area contributed by atoms with E-state index < -0.39 is 0 Å². The standard InChI is InChI=1S/C13H18O3/c1-4-5-11-6-7-13(15-3)8-12(11)9-16-10-14-2/h4,6-8H,1,5,9-10H2,2-3H3. The van der Waals surface area contributed by atoms with Gasteiger partial charge in [0.1, 0.15) is 12.5 Å². The molecule has 16 heavy (non-hydrogen) atoms. The molecule has 0 radical (unpaired) electrons. The molecule has 0 bridgehead atoms. The Kier molecular flexibility index (Phi) is 5.61. The molecule has 0 saturated carbocycles. The summed E-state index contributed by atoms with van der Waals surface area (Å²) < 4.78 is 15.4. The molecule has 0 unspecified atom stereocenters. The van der Waals surface area contributed by atoms with E-state index in [-0.39, 0.29) is 0 Å². The minimum atomic E-state index is 0.296. The highest BCUT2D eigenvalue weighted by Crippen LogP contribution is 2.19. The van der Waals surface area contributed by atoms with Crippen LogP contribution in [0.3, 0.4) is 0 Å². The van der Waals surface area contributed by atoms with Crippen LogP contribution in [0.25, 0.3) is 0 Å². The highest BCUT2D eigenvalue weighted by molar-refractivity contribution is 5.36. The van der Waals surface area contributed by atoms with Gasteiger partial charge >= 0.3 is 0 Å². The quantitative estimate of drug-likeness (QED) is 0.403. The molecule has 88 valence electrons. The van der Waals surface area contributed by atoms with Crippen LogP contribution in [-0.4, -0.2) is 21.0 Å². The third-order valence-electron chi connectivity index (χ3n) is 2.24. The summed E-state index contributed by atoms with van der Waals surface area (Å²) >= 11 is 0. The van der Waals surface area contributed by atoms with E-state index in [4.69, 9.17) is 14.2 Å². The Morgan fingerprint density at radius 3 is 2.69 bits per heavy atom. The first-order valence-electron chi connectivity index (χ1n) is 5.15. The number of hydrogen-bond acceptors (Lipinski definition) is 3. The summed E-state index contributed by atoms with van der Waals surface area (Å²) in [5, 5.41) is 0. The van der Waals surface area contributed by atoms with Crippen LogP contribution in [0.2, 0.25) is 0 Å². The first-order chi connectivity index (χ1) is 7.81. The van der Waals surface area contributed by atoms with Crippen molar-refractivity contribution < 1.29 is 14.2 Å². The fourth-order valence-corrected chi connectivity index (χ4v) is 1.45. The van der Waals surface area contributed by atoms with Gasteiger partial charge in [0.2, 0.25) is 0 Å². The van der Waals surface area contributed by atoms with Gasteiger partial charge in [-0.15, -0.1) is 6.58 Å². The molecular weight excluding hydrogens is 204 g/mol. The van der Waals surface area contributed by atoms with Crippen LogP contribution in [0.1, 0.15) is 11.1 Å². The topological polar surface area (TPSA) is 27.7 Å². The van der Waals surface area contributed by atoms with Gasteiger partial charge in [-0.3, -0.25) is 0 Å². The van der Waals surface area contributed by atoms with Crippen LogP contribution in [0.5, 0.6) is 5.75 Å². The van der Waals surface area contributed by atoms with Gasteiger partial charge in [-0.2, -0.15) is 0 Å². The average Bonchev–Trinajstić information content (AvgIpc) is 2.31. The number of hydrogen-bond donors (Lipinski definition) is 0. The van der Waals surface area contributed by atoms with E-state index in [2.05, 4.69) is 6.58 Å². The largest absolute Gasteiger partial charge is 0.497 e. The molecule has 0 atom stereocenters. The third-order valence-corrected chi connectivity index (χ3v) is 2.24. The van der Waals surface area contributed by atoms with E-state index in [1.807, 2.05) is 24.3 Å². The minimum absolute atomic E-state index is 0.296. The second-order valence-corrected chi connectivity index (χ2v) is 3.38. The van der Waals surface area contributed by atoms with E-state index in [1.165, 1.54) is 5.56 Å². The molecule has 0 fully saturated rings. The lowest BCUT2D eigenvalue weighted by Gasteiger charge is -2.10. The van der Waals surface area contributed by atoms with Gasteiger partial charge in [0.15, 0.2) is 0 Å². The summed E-state index contributed by atoms with van der Waals surface area (Å²) in [4.78, 5) is 0. The molecule has 0 aliphatic carbocycles. The number of benzene rings is 1. The second-order valence-electron chi connectivity index (χ2n) is 3.38. The maximum Gasteiger partial charge on any atom is 0.146 e. The van der Waals surface area contributed by atoms with Crippen molar-refractivity contribution in [2.24, 2.45) is 0 Å². The van der Waals surface area contributed by atoms with Crippen molar-refractivity contribution in [1.29, 1.82) is 0 Å². The molecule has 3 nitrogen and oxygen atoms in total.